The molecule has 1 aliphatic rings. The van der Waals surface area contributed by atoms with Crippen molar-refractivity contribution in [3.63, 3.8) is 0 Å². The Hall–Kier alpha value is -1.63. The van der Waals surface area contributed by atoms with Gasteiger partial charge in [0.25, 0.3) is 5.91 Å². The van der Waals surface area contributed by atoms with Crippen LogP contribution < -0.4 is 16.6 Å². The van der Waals surface area contributed by atoms with E-state index in [0.29, 0.717) is 12.5 Å². The van der Waals surface area contributed by atoms with E-state index in [1.807, 2.05) is 6.92 Å². The van der Waals surface area contributed by atoms with Crippen LogP contribution in [-0.4, -0.2) is 41.3 Å². The maximum Gasteiger partial charge on any atom is 0.252 e. The first kappa shape index (κ1) is 13.4. The highest BCUT2D eigenvalue weighted by Gasteiger charge is 2.42. The number of nitrogens with zero attached hydrogens (tertiary/aromatic N) is 2. The van der Waals surface area contributed by atoms with Gasteiger partial charge in [0.15, 0.2) is 0 Å². The molecular weight excluding hydrogens is 222 g/mol. The third-order valence-electron chi connectivity index (χ3n) is 2.66. The third-order valence-corrected chi connectivity index (χ3v) is 2.66. The smallest absolute Gasteiger partial charge is 0.252 e. The van der Waals surface area contributed by atoms with Crippen LogP contribution in [0.2, 0.25) is 0 Å². The number of rotatable bonds is 2. The van der Waals surface area contributed by atoms with Crippen LogP contribution in [0.15, 0.2) is 4.99 Å². The number of guanidine groups is 1. The molecule has 0 bridgehead atoms. The zero-order valence-electron chi connectivity index (χ0n) is 10.4. The lowest BCUT2D eigenvalue weighted by molar-refractivity contribution is -0.142. The van der Waals surface area contributed by atoms with Crippen molar-refractivity contribution in [2.45, 2.75) is 32.7 Å². The summed E-state index contributed by atoms with van der Waals surface area (Å²) in [6, 6.07) is 0. The average molecular weight is 241 g/mol. The summed E-state index contributed by atoms with van der Waals surface area (Å²) >= 11 is 0. The Morgan fingerprint density at radius 1 is 1.59 bits per heavy atom. The fraction of sp³-hybridized carbons (Fsp3) is 0.700. The van der Waals surface area contributed by atoms with Gasteiger partial charge in [-0.15, -0.1) is 0 Å². The van der Waals surface area contributed by atoms with Gasteiger partial charge in [0, 0.05) is 6.54 Å². The van der Waals surface area contributed by atoms with Crippen molar-refractivity contribution in [3.05, 3.63) is 0 Å². The molecule has 1 fully saturated rings. The lowest BCUT2D eigenvalue weighted by Crippen LogP contribution is -2.68. The third kappa shape index (κ3) is 2.73. The van der Waals surface area contributed by atoms with Crippen LogP contribution in [0.3, 0.4) is 0 Å². The van der Waals surface area contributed by atoms with Crippen LogP contribution in [0.5, 0.6) is 0 Å². The largest absolute Gasteiger partial charge is 0.318 e. The molecule has 0 atom stereocenters. The van der Waals surface area contributed by atoms with Crippen molar-refractivity contribution in [3.8, 4) is 0 Å². The van der Waals surface area contributed by atoms with Gasteiger partial charge in [-0.25, -0.2) is 5.84 Å². The van der Waals surface area contributed by atoms with Gasteiger partial charge in [-0.1, -0.05) is 6.92 Å². The second kappa shape index (κ2) is 5.13. The van der Waals surface area contributed by atoms with Crippen LogP contribution in [-0.2, 0) is 9.59 Å². The topological polar surface area (TPSA) is 99.8 Å². The van der Waals surface area contributed by atoms with Gasteiger partial charge in [-0.2, -0.15) is 0 Å². The average Bonchev–Trinajstić information content (AvgIpc) is 2.26. The molecule has 0 aliphatic carbocycles. The highest BCUT2D eigenvalue weighted by Crippen LogP contribution is 2.17. The summed E-state index contributed by atoms with van der Waals surface area (Å²) in [6.45, 7) is 6.06. The summed E-state index contributed by atoms with van der Waals surface area (Å²) < 4.78 is 0. The van der Waals surface area contributed by atoms with E-state index in [1.165, 1.54) is 0 Å². The molecule has 0 aromatic rings. The first-order valence-electron chi connectivity index (χ1n) is 5.56. The number of piperazine rings is 1. The number of imide groups is 1. The molecule has 0 unspecified atom stereocenters. The van der Waals surface area contributed by atoms with Crippen LogP contribution in [0.4, 0.5) is 0 Å². The van der Waals surface area contributed by atoms with Crippen LogP contribution >= 0.6 is 0 Å². The number of carbonyl (C=O) groups excluding carboxylic acids is 2. The molecule has 7 nitrogen and oxygen atoms in total. The molecule has 1 heterocycles. The Labute approximate surface area is 100 Å². The standard InChI is InChI=1S/C10H19N5O2/c1-4-5-12-9(14-11)15-6-7(16)13-8(17)10(15,2)3/h4-6,11H2,1-3H3,(H,12,14)(H,13,16,17). The number of carbonyl (C=O) groups is 2. The van der Waals surface area contributed by atoms with Crippen molar-refractivity contribution in [1.82, 2.24) is 15.6 Å². The van der Waals surface area contributed by atoms with E-state index in [1.54, 1.807) is 18.7 Å². The van der Waals surface area contributed by atoms with Gasteiger partial charge in [0.1, 0.15) is 12.1 Å². The molecule has 0 spiro atoms. The molecule has 0 aromatic carbocycles. The van der Waals surface area contributed by atoms with Gasteiger partial charge in [-0.05, 0) is 20.3 Å². The molecule has 17 heavy (non-hydrogen) atoms. The molecule has 4 N–H and O–H groups in total. The van der Waals surface area contributed by atoms with E-state index >= 15 is 0 Å². The van der Waals surface area contributed by atoms with E-state index in [0.717, 1.165) is 6.42 Å². The summed E-state index contributed by atoms with van der Waals surface area (Å²) in [4.78, 5) is 28.9. The van der Waals surface area contributed by atoms with E-state index in [-0.39, 0.29) is 18.4 Å². The molecule has 1 aliphatic heterocycles. The number of nitrogens with two attached hydrogens (primary N) is 1. The highest BCUT2D eigenvalue weighted by atomic mass is 16.2. The van der Waals surface area contributed by atoms with E-state index in [2.05, 4.69) is 15.7 Å². The van der Waals surface area contributed by atoms with Crippen molar-refractivity contribution in [2.75, 3.05) is 13.1 Å². The van der Waals surface area contributed by atoms with Crippen molar-refractivity contribution in [1.29, 1.82) is 0 Å². The summed E-state index contributed by atoms with van der Waals surface area (Å²) in [5, 5.41) is 2.29. The van der Waals surface area contributed by atoms with E-state index < -0.39 is 5.54 Å². The van der Waals surface area contributed by atoms with E-state index in [9.17, 15) is 9.59 Å². The monoisotopic (exact) mass is 241 g/mol. The molecule has 96 valence electrons. The summed E-state index contributed by atoms with van der Waals surface area (Å²) in [5.41, 5.74) is 1.59. The summed E-state index contributed by atoms with van der Waals surface area (Å²) in [7, 11) is 0. The Bertz CT molecular complexity index is 351. The molecule has 7 heteroatoms. The predicted octanol–water partition coefficient (Wildman–Crippen LogP) is -1.05. The number of amides is 2. The van der Waals surface area contributed by atoms with E-state index in [4.69, 9.17) is 5.84 Å². The quantitative estimate of drug-likeness (QED) is 0.188. The molecule has 2 amide bonds. The maximum atomic E-state index is 11.7. The lowest BCUT2D eigenvalue weighted by Gasteiger charge is -2.41. The summed E-state index contributed by atoms with van der Waals surface area (Å²) in [5.74, 6) is 5.05. The molecule has 1 rings (SSSR count). The first-order valence-corrected chi connectivity index (χ1v) is 5.56. The minimum atomic E-state index is -0.854. The fourth-order valence-corrected chi connectivity index (χ4v) is 1.55. The zero-order valence-corrected chi connectivity index (χ0v) is 10.4. The SMILES string of the molecule is CCCN=C(NN)N1CC(=O)NC(=O)C1(C)C. The van der Waals surface area contributed by atoms with Gasteiger partial charge in [0.2, 0.25) is 11.9 Å². The predicted molar refractivity (Wildman–Crippen MR) is 63.9 cm³/mol. The van der Waals surface area contributed by atoms with Gasteiger partial charge < -0.3 is 4.90 Å². The van der Waals surface area contributed by atoms with Crippen molar-refractivity contribution >= 4 is 17.8 Å². The zero-order chi connectivity index (χ0) is 13.1. The minimum absolute atomic E-state index is 0.0610. The lowest BCUT2D eigenvalue weighted by atomic mass is 9.99. The second-order valence-electron chi connectivity index (χ2n) is 4.37. The van der Waals surface area contributed by atoms with Crippen LogP contribution in [0.25, 0.3) is 0 Å². The van der Waals surface area contributed by atoms with Gasteiger partial charge in [0.05, 0.1) is 0 Å². The van der Waals surface area contributed by atoms with Crippen molar-refractivity contribution < 1.29 is 9.59 Å². The van der Waals surface area contributed by atoms with Crippen molar-refractivity contribution in [2.24, 2.45) is 10.8 Å². The normalized spacial score (nSPS) is 20.2. The molecule has 1 saturated heterocycles. The Balaban J connectivity index is 2.99. The first-order chi connectivity index (χ1) is 7.93. The number of hydrogen-bond donors (Lipinski definition) is 3. The maximum absolute atomic E-state index is 11.7. The number of nitrogens with one attached hydrogen (secondary N) is 2. The Morgan fingerprint density at radius 2 is 2.24 bits per heavy atom. The Kier molecular flexibility index (Phi) is 4.06. The molecule has 0 saturated carbocycles. The molecule has 0 aromatic heterocycles. The van der Waals surface area contributed by atoms with Crippen LogP contribution in [0, 0.1) is 0 Å². The van der Waals surface area contributed by atoms with Crippen LogP contribution in [0.1, 0.15) is 27.2 Å². The number of aliphatic imine (C=N–C) groups is 1. The van der Waals surface area contributed by atoms with Gasteiger partial charge >= 0.3 is 0 Å². The minimum Gasteiger partial charge on any atom is -0.318 e. The second-order valence-corrected chi connectivity index (χ2v) is 4.37. The Morgan fingerprint density at radius 3 is 2.76 bits per heavy atom. The fourth-order valence-electron chi connectivity index (χ4n) is 1.55. The number of hydrogen-bond acceptors (Lipinski definition) is 4. The molecular formula is C10H19N5O2. The van der Waals surface area contributed by atoms with Gasteiger partial charge in [-0.3, -0.25) is 25.3 Å². The highest BCUT2D eigenvalue weighted by molar-refractivity contribution is 6.06. The summed E-state index contributed by atoms with van der Waals surface area (Å²) in [6.07, 6.45) is 0.861. The molecule has 0 radical (unpaired) electrons. The number of hydrazine groups is 1.